The quantitative estimate of drug-likeness (QED) is 0.924. The average molecular weight is 324 g/mol. The van der Waals surface area contributed by atoms with Crippen molar-refractivity contribution in [2.75, 3.05) is 32.7 Å². The van der Waals surface area contributed by atoms with Crippen LogP contribution in [0.25, 0.3) is 0 Å². The van der Waals surface area contributed by atoms with E-state index in [1.165, 1.54) is 5.56 Å². The van der Waals surface area contributed by atoms with Crippen LogP contribution in [0.1, 0.15) is 26.3 Å². The molecule has 1 aliphatic rings. The highest BCUT2D eigenvalue weighted by molar-refractivity contribution is 6.30. The van der Waals surface area contributed by atoms with Crippen molar-refractivity contribution < 1.29 is 4.79 Å². The normalized spacial score (nSPS) is 17.5. The van der Waals surface area contributed by atoms with Gasteiger partial charge in [0.2, 0.25) is 5.91 Å². The van der Waals surface area contributed by atoms with Crippen LogP contribution in [0.2, 0.25) is 5.02 Å². The zero-order valence-corrected chi connectivity index (χ0v) is 14.5. The van der Waals surface area contributed by atoms with Crippen LogP contribution in [-0.2, 0) is 11.3 Å². The van der Waals surface area contributed by atoms with Gasteiger partial charge in [0.25, 0.3) is 0 Å². The molecule has 1 saturated heterocycles. The summed E-state index contributed by atoms with van der Waals surface area (Å²) in [5.74, 6) is 0.110. The van der Waals surface area contributed by atoms with E-state index < -0.39 is 0 Å². The van der Waals surface area contributed by atoms with Gasteiger partial charge in [-0.3, -0.25) is 14.6 Å². The highest BCUT2D eigenvalue weighted by atomic mass is 35.5. The molecule has 122 valence electrons. The van der Waals surface area contributed by atoms with Gasteiger partial charge in [0.15, 0.2) is 0 Å². The fourth-order valence-corrected chi connectivity index (χ4v) is 2.74. The lowest BCUT2D eigenvalue weighted by Gasteiger charge is -2.34. The molecule has 0 spiro atoms. The summed E-state index contributed by atoms with van der Waals surface area (Å²) in [6.07, 6.45) is 0. The van der Waals surface area contributed by atoms with E-state index in [1.54, 1.807) is 0 Å². The van der Waals surface area contributed by atoms with Gasteiger partial charge in [-0.15, -0.1) is 0 Å². The van der Waals surface area contributed by atoms with Gasteiger partial charge in [0.1, 0.15) is 0 Å². The fraction of sp³-hybridized carbons (Fsp3) is 0.588. The highest BCUT2D eigenvalue weighted by Crippen LogP contribution is 2.13. The summed E-state index contributed by atoms with van der Waals surface area (Å²) >= 11 is 5.91. The lowest BCUT2D eigenvalue weighted by molar-refractivity contribution is -0.124. The van der Waals surface area contributed by atoms with Crippen molar-refractivity contribution in [3.63, 3.8) is 0 Å². The van der Waals surface area contributed by atoms with Gasteiger partial charge in [0.05, 0.1) is 6.54 Å². The molecular weight excluding hydrogens is 298 g/mol. The highest BCUT2D eigenvalue weighted by Gasteiger charge is 2.21. The second-order valence-corrected chi connectivity index (χ2v) is 7.41. The zero-order chi connectivity index (χ0) is 16.2. The van der Waals surface area contributed by atoms with E-state index in [1.807, 2.05) is 32.9 Å². The molecule has 0 radical (unpaired) electrons. The molecule has 0 unspecified atom stereocenters. The van der Waals surface area contributed by atoms with Gasteiger partial charge in [-0.25, -0.2) is 0 Å². The number of carbonyl (C=O) groups is 1. The summed E-state index contributed by atoms with van der Waals surface area (Å²) < 4.78 is 0. The Morgan fingerprint density at radius 3 is 2.18 bits per heavy atom. The van der Waals surface area contributed by atoms with Crippen LogP contribution in [0, 0.1) is 0 Å². The minimum atomic E-state index is -0.159. The Bertz CT molecular complexity index is 488. The first-order chi connectivity index (χ1) is 10.3. The van der Waals surface area contributed by atoms with Crippen LogP contribution >= 0.6 is 11.6 Å². The van der Waals surface area contributed by atoms with Gasteiger partial charge in [0, 0.05) is 43.3 Å². The van der Waals surface area contributed by atoms with Crippen molar-refractivity contribution in [2.24, 2.45) is 0 Å². The second kappa shape index (κ2) is 7.44. The Morgan fingerprint density at radius 1 is 1.09 bits per heavy atom. The molecule has 1 heterocycles. The maximum absolute atomic E-state index is 12.0. The molecule has 5 heteroatoms. The first-order valence-electron chi connectivity index (χ1n) is 7.82. The van der Waals surface area contributed by atoms with Crippen molar-refractivity contribution in [3.05, 3.63) is 34.9 Å². The minimum Gasteiger partial charge on any atom is -0.350 e. The standard InChI is InChI=1S/C17H26ClN3O/c1-17(2,3)19-16(22)13-21-10-8-20(9-11-21)12-14-4-6-15(18)7-5-14/h4-7H,8-13H2,1-3H3,(H,19,22). The number of halogens is 1. The number of hydrogen-bond donors (Lipinski definition) is 1. The van der Waals surface area contributed by atoms with Crippen molar-refractivity contribution in [2.45, 2.75) is 32.9 Å². The average Bonchev–Trinajstić information content (AvgIpc) is 2.41. The Labute approximate surface area is 138 Å². The van der Waals surface area contributed by atoms with Gasteiger partial charge in [-0.1, -0.05) is 23.7 Å². The number of amides is 1. The molecule has 1 fully saturated rings. The molecule has 1 aromatic rings. The summed E-state index contributed by atoms with van der Waals surface area (Å²) in [5, 5.41) is 3.79. The predicted octanol–water partition coefficient (Wildman–Crippen LogP) is 2.37. The number of rotatable bonds is 4. The SMILES string of the molecule is CC(C)(C)NC(=O)CN1CCN(Cc2ccc(Cl)cc2)CC1. The molecule has 1 amide bonds. The molecule has 1 aliphatic heterocycles. The summed E-state index contributed by atoms with van der Waals surface area (Å²) in [4.78, 5) is 16.6. The minimum absolute atomic E-state index is 0.110. The van der Waals surface area contributed by atoms with Gasteiger partial charge in [-0.05, 0) is 38.5 Å². The van der Waals surface area contributed by atoms with Gasteiger partial charge < -0.3 is 5.32 Å². The first-order valence-corrected chi connectivity index (χ1v) is 8.20. The molecule has 1 aromatic carbocycles. The molecule has 0 bridgehead atoms. The van der Waals surface area contributed by atoms with E-state index >= 15 is 0 Å². The van der Waals surface area contributed by atoms with Gasteiger partial charge >= 0.3 is 0 Å². The van der Waals surface area contributed by atoms with E-state index in [2.05, 4.69) is 27.2 Å². The Balaban J connectivity index is 1.73. The van der Waals surface area contributed by atoms with Crippen molar-refractivity contribution in [1.82, 2.24) is 15.1 Å². The Hall–Kier alpha value is -1.10. The Kier molecular flexibility index (Phi) is 5.84. The van der Waals surface area contributed by atoms with Crippen LogP contribution in [-0.4, -0.2) is 54.0 Å². The predicted molar refractivity (Wildman–Crippen MR) is 91.1 cm³/mol. The van der Waals surface area contributed by atoms with Crippen LogP contribution < -0.4 is 5.32 Å². The molecule has 0 saturated carbocycles. The molecular formula is C17H26ClN3O. The summed E-state index contributed by atoms with van der Waals surface area (Å²) in [6.45, 7) is 11.3. The number of carbonyl (C=O) groups excluding carboxylic acids is 1. The zero-order valence-electron chi connectivity index (χ0n) is 13.7. The number of piperazine rings is 1. The maximum atomic E-state index is 12.0. The summed E-state index contributed by atoms with van der Waals surface area (Å²) in [6, 6.07) is 8.02. The number of nitrogens with one attached hydrogen (secondary N) is 1. The smallest absolute Gasteiger partial charge is 0.234 e. The van der Waals surface area contributed by atoms with E-state index in [0.29, 0.717) is 6.54 Å². The molecule has 4 nitrogen and oxygen atoms in total. The van der Waals surface area contributed by atoms with E-state index in [-0.39, 0.29) is 11.4 Å². The molecule has 2 rings (SSSR count). The lowest BCUT2D eigenvalue weighted by Crippen LogP contribution is -2.51. The van der Waals surface area contributed by atoms with Crippen LogP contribution in [0.5, 0.6) is 0 Å². The molecule has 1 N–H and O–H groups in total. The molecule has 22 heavy (non-hydrogen) atoms. The molecule has 0 aliphatic carbocycles. The van der Waals surface area contributed by atoms with Crippen molar-refractivity contribution >= 4 is 17.5 Å². The van der Waals surface area contributed by atoms with Gasteiger partial charge in [-0.2, -0.15) is 0 Å². The first kappa shape index (κ1) is 17.3. The third-order valence-electron chi connectivity index (χ3n) is 3.67. The third kappa shape index (κ3) is 5.95. The topological polar surface area (TPSA) is 35.6 Å². The number of hydrogen-bond acceptors (Lipinski definition) is 3. The second-order valence-electron chi connectivity index (χ2n) is 6.98. The van der Waals surface area contributed by atoms with Crippen LogP contribution in [0.4, 0.5) is 0 Å². The van der Waals surface area contributed by atoms with E-state index in [9.17, 15) is 4.79 Å². The third-order valence-corrected chi connectivity index (χ3v) is 3.92. The lowest BCUT2D eigenvalue weighted by atomic mass is 10.1. The molecule has 0 aromatic heterocycles. The monoisotopic (exact) mass is 323 g/mol. The van der Waals surface area contributed by atoms with E-state index in [0.717, 1.165) is 37.7 Å². The maximum Gasteiger partial charge on any atom is 0.234 e. The fourth-order valence-electron chi connectivity index (χ4n) is 2.61. The summed E-state index contributed by atoms with van der Waals surface area (Å²) in [7, 11) is 0. The van der Waals surface area contributed by atoms with Crippen LogP contribution in [0.3, 0.4) is 0 Å². The number of nitrogens with zero attached hydrogens (tertiary/aromatic N) is 2. The van der Waals surface area contributed by atoms with E-state index in [4.69, 9.17) is 11.6 Å². The van der Waals surface area contributed by atoms with Crippen LogP contribution in [0.15, 0.2) is 24.3 Å². The Morgan fingerprint density at radius 2 is 1.64 bits per heavy atom. The number of benzene rings is 1. The largest absolute Gasteiger partial charge is 0.350 e. The van der Waals surface area contributed by atoms with Crippen molar-refractivity contribution in [3.8, 4) is 0 Å². The van der Waals surface area contributed by atoms with Crippen molar-refractivity contribution in [1.29, 1.82) is 0 Å². The molecule has 0 atom stereocenters. The summed E-state index contributed by atoms with van der Waals surface area (Å²) in [5.41, 5.74) is 1.12.